The first kappa shape index (κ1) is 27.5. The highest BCUT2D eigenvalue weighted by molar-refractivity contribution is 6.20. The number of rotatable bonds is 4. The lowest BCUT2D eigenvalue weighted by atomic mass is 9.95. The fourth-order valence-electron chi connectivity index (χ4n) is 7.19. The van der Waals surface area contributed by atoms with Gasteiger partial charge in [0.15, 0.2) is 17.5 Å². The minimum atomic E-state index is 0.588. The Kier molecular flexibility index (Phi) is 6.15. The van der Waals surface area contributed by atoms with Crippen LogP contribution in [0.1, 0.15) is 0 Å². The van der Waals surface area contributed by atoms with Crippen molar-refractivity contribution in [3.05, 3.63) is 164 Å². The Labute approximate surface area is 282 Å². The van der Waals surface area contributed by atoms with E-state index in [-0.39, 0.29) is 0 Å². The van der Waals surface area contributed by atoms with Gasteiger partial charge < -0.3 is 4.42 Å². The van der Waals surface area contributed by atoms with Crippen LogP contribution in [0.3, 0.4) is 0 Å². The molecule has 0 N–H and O–H groups in total. The second-order valence-electron chi connectivity index (χ2n) is 12.4. The molecule has 4 heteroatoms. The lowest BCUT2D eigenvalue weighted by Crippen LogP contribution is -2.01. The maximum atomic E-state index is 6.75. The number of nitrogens with zero attached hydrogens (tertiary/aromatic N) is 3. The highest BCUT2D eigenvalue weighted by atomic mass is 16.3. The fraction of sp³-hybridized carbons (Fsp3) is 0. The number of fused-ring (bicyclic) bond motifs is 8. The van der Waals surface area contributed by atoms with E-state index in [0.29, 0.717) is 17.5 Å². The van der Waals surface area contributed by atoms with Crippen LogP contribution in [0, 0.1) is 0 Å². The summed E-state index contributed by atoms with van der Waals surface area (Å²) in [6.07, 6.45) is 0. The van der Waals surface area contributed by atoms with Crippen molar-refractivity contribution in [3.8, 4) is 45.3 Å². The summed E-state index contributed by atoms with van der Waals surface area (Å²) in [4.78, 5) is 15.5. The Morgan fingerprint density at radius 1 is 0.347 bits per heavy atom. The van der Waals surface area contributed by atoms with Crippen LogP contribution in [0.15, 0.2) is 168 Å². The van der Waals surface area contributed by atoms with Crippen LogP contribution in [0.2, 0.25) is 0 Å². The van der Waals surface area contributed by atoms with E-state index < -0.39 is 0 Å². The van der Waals surface area contributed by atoms with Crippen molar-refractivity contribution in [2.45, 2.75) is 0 Å². The summed E-state index contributed by atoms with van der Waals surface area (Å²) < 4.78 is 6.75. The molecule has 0 atom stereocenters. The molecule has 0 saturated carbocycles. The first-order valence-corrected chi connectivity index (χ1v) is 16.4. The molecule has 0 aliphatic rings. The van der Waals surface area contributed by atoms with Gasteiger partial charge in [-0.25, -0.2) is 15.0 Å². The van der Waals surface area contributed by atoms with Gasteiger partial charge in [0, 0.05) is 32.8 Å². The zero-order valence-corrected chi connectivity index (χ0v) is 26.3. The third-order valence-corrected chi connectivity index (χ3v) is 9.48. The molecule has 2 aromatic heterocycles. The Morgan fingerprint density at radius 3 is 1.71 bits per heavy atom. The topological polar surface area (TPSA) is 51.8 Å². The minimum Gasteiger partial charge on any atom is -0.455 e. The van der Waals surface area contributed by atoms with Crippen molar-refractivity contribution in [1.82, 2.24) is 15.0 Å². The first-order valence-electron chi connectivity index (χ1n) is 16.4. The quantitative estimate of drug-likeness (QED) is 0.183. The molecule has 49 heavy (non-hydrogen) atoms. The zero-order valence-electron chi connectivity index (χ0n) is 26.3. The van der Waals surface area contributed by atoms with E-state index in [9.17, 15) is 0 Å². The third kappa shape index (κ3) is 4.49. The summed E-state index contributed by atoms with van der Waals surface area (Å²) >= 11 is 0. The molecule has 0 aliphatic heterocycles. The van der Waals surface area contributed by atoms with Crippen LogP contribution in [0.25, 0.3) is 99.5 Å². The van der Waals surface area contributed by atoms with Gasteiger partial charge in [-0.1, -0.05) is 140 Å². The number of aromatic nitrogens is 3. The highest BCUT2D eigenvalue weighted by Crippen LogP contribution is 2.42. The van der Waals surface area contributed by atoms with Crippen molar-refractivity contribution >= 4 is 54.3 Å². The molecule has 0 radical (unpaired) electrons. The third-order valence-electron chi connectivity index (χ3n) is 9.48. The Hall–Kier alpha value is -6.65. The van der Waals surface area contributed by atoms with E-state index >= 15 is 0 Å². The number of benzene rings is 8. The largest absolute Gasteiger partial charge is 0.455 e. The van der Waals surface area contributed by atoms with Crippen LogP contribution in [-0.2, 0) is 0 Å². The Morgan fingerprint density at radius 2 is 0.939 bits per heavy atom. The van der Waals surface area contributed by atoms with Crippen LogP contribution in [0.4, 0.5) is 0 Å². The van der Waals surface area contributed by atoms with Crippen LogP contribution < -0.4 is 0 Å². The van der Waals surface area contributed by atoms with E-state index in [4.69, 9.17) is 19.4 Å². The van der Waals surface area contributed by atoms with Crippen LogP contribution in [-0.4, -0.2) is 15.0 Å². The molecule has 0 saturated heterocycles. The van der Waals surface area contributed by atoms with Crippen molar-refractivity contribution in [2.75, 3.05) is 0 Å². The average molecular weight is 626 g/mol. The SMILES string of the molecule is c1ccc(-c2nc(-c3cc(-c4ccccc4)c4c(c3)oc3c5ccccc5ccc34)nc(-c3cc4ccccc4c4ccccc34)n2)cc1. The molecule has 0 spiro atoms. The first-order chi connectivity index (χ1) is 24.3. The zero-order chi connectivity index (χ0) is 32.3. The van der Waals surface area contributed by atoms with Gasteiger partial charge in [-0.05, 0) is 62.3 Å². The van der Waals surface area contributed by atoms with Gasteiger partial charge in [0.2, 0.25) is 0 Å². The van der Waals surface area contributed by atoms with E-state index in [1.165, 1.54) is 10.8 Å². The van der Waals surface area contributed by atoms with E-state index in [0.717, 1.165) is 71.3 Å². The minimum absolute atomic E-state index is 0.588. The molecule has 10 aromatic rings. The summed E-state index contributed by atoms with van der Waals surface area (Å²) in [6, 6.07) is 56.8. The molecule has 228 valence electrons. The molecular formula is C45H27N3O. The van der Waals surface area contributed by atoms with Gasteiger partial charge in [0.05, 0.1) is 0 Å². The molecule has 0 fully saturated rings. The molecule has 0 amide bonds. The van der Waals surface area contributed by atoms with Gasteiger partial charge in [0.25, 0.3) is 0 Å². The summed E-state index contributed by atoms with van der Waals surface area (Å²) in [7, 11) is 0. The van der Waals surface area contributed by atoms with Crippen LogP contribution >= 0.6 is 0 Å². The Balaban J connectivity index is 1.28. The summed E-state index contributed by atoms with van der Waals surface area (Å²) in [5.74, 6) is 1.84. The van der Waals surface area contributed by atoms with Crippen molar-refractivity contribution in [2.24, 2.45) is 0 Å². The predicted molar refractivity (Wildman–Crippen MR) is 201 cm³/mol. The normalized spacial score (nSPS) is 11.7. The van der Waals surface area contributed by atoms with Gasteiger partial charge >= 0.3 is 0 Å². The molecule has 10 rings (SSSR count). The lowest BCUT2D eigenvalue weighted by molar-refractivity contribution is 0.673. The fourth-order valence-corrected chi connectivity index (χ4v) is 7.19. The van der Waals surface area contributed by atoms with E-state index in [1.807, 2.05) is 36.4 Å². The number of hydrogen-bond donors (Lipinski definition) is 0. The van der Waals surface area contributed by atoms with Gasteiger partial charge in [0.1, 0.15) is 11.2 Å². The summed E-state index contributed by atoms with van der Waals surface area (Å²) in [5.41, 5.74) is 6.60. The number of hydrogen-bond acceptors (Lipinski definition) is 4. The van der Waals surface area contributed by atoms with Gasteiger partial charge in [-0.2, -0.15) is 0 Å². The van der Waals surface area contributed by atoms with E-state index in [1.54, 1.807) is 0 Å². The molecule has 0 unspecified atom stereocenters. The average Bonchev–Trinajstić information content (AvgIpc) is 3.57. The second-order valence-corrected chi connectivity index (χ2v) is 12.4. The molecule has 8 aromatic carbocycles. The molecule has 2 heterocycles. The Bertz CT molecular complexity index is 2880. The maximum Gasteiger partial charge on any atom is 0.164 e. The molecule has 0 bridgehead atoms. The molecular weight excluding hydrogens is 599 g/mol. The molecule has 4 nitrogen and oxygen atoms in total. The molecule has 0 aliphatic carbocycles. The van der Waals surface area contributed by atoms with Crippen molar-refractivity contribution < 1.29 is 4.42 Å². The number of furan rings is 1. The monoisotopic (exact) mass is 625 g/mol. The lowest BCUT2D eigenvalue weighted by Gasteiger charge is -2.13. The van der Waals surface area contributed by atoms with Crippen molar-refractivity contribution in [3.63, 3.8) is 0 Å². The second kappa shape index (κ2) is 11.0. The summed E-state index contributed by atoms with van der Waals surface area (Å²) in [5, 5.41) is 9.01. The van der Waals surface area contributed by atoms with Crippen molar-refractivity contribution in [1.29, 1.82) is 0 Å². The van der Waals surface area contributed by atoms with Gasteiger partial charge in [-0.3, -0.25) is 0 Å². The smallest absolute Gasteiger partial charge is 0.164 e. The predicted octanol–water partition coefficient (Wildman–Crippen LogP) is 11.9. The van der Waals surface area contributed by atoms with E-state index in [2.05, 4.69) is 127 Å². The standard InChI is InChI=1S/C45H27N3O/c1-3-13-28(14-4-1)38-26-32(27-40-41(38)37-24-23-29-15-7-10-20-34(29)42(37)49-40)44-46-43(30-16-5-2-6-17-30)47-45(48-44)39-25-31-18-8-9-19-33(31)35-21-11-12-22-36(35)39/h1-27H. The van der Waals surface area contributed by atoms with Crippen LogP contribution in [0.5, 0.6) is 0 Å². The van der Waals surface area contributed by atoms with Gasteiger partial charge in [-0.15, -0.1) is 0 Å². The maximum absolute atomic E-state index is 6.75. The highest BCUT2D eigenvalue weighted by Gasteiger charge is 2.20. The summed E-state index contributed by atoms with van der Waals surface area (Å²) in [6.45, 7) is 0.